The quantitative estimate of drug-likeness (QED) is 0.549. The number of nitrogens with zero attached hydrogens (tertiary/aromatic N) is 2. The highest BCUT2D eigenvalue weighted by atomic mass is 32.1. The Morgan fingerprint density at radius 2 is 1.71 bits per heavy atom. The van der Waals surface area contributed by atoms with Gasteiger partial charge in [0.15, 0.2) is 11.5 Å². The summed E-state index contributed by atoms with van der Waals surface area (Å²) in [5.74, 6) is 1.63. The minimum atomic E-state index is 0.205. The summed E-state index contributed by atoms with van der Waals surface area (Å²) in [6.07, 6.45) is 4.62. The van der Waals surface area contributed by atoms with Crippen LogP contribution in [0.5, 0.6) is 11.5 Å². The Labute approximate surface area is 191 Å². The van der Waals surface area contributed by atoms with Crippen molar-refractivity contribution in [1.29, 1.82) is 0 Å². The summed E-state index contributed by atoms with van der Waals surface area (Å²) in [5.41, 5.74) is 3.74. The molecule has 31 heavy (non-hydrogen) atoms. The van der Waals surface area contributed by atoms with Crippen molar-refractivity contribution in [1.82, 2.24) is 9.80 Å². The van der Waals surface area contributed by atoms with Crippen molar-refractivity contribution in [3.63, 3.8) is 0 Å². The smallest absolute Gasteiger partial charge is 0.227 e. The van der Waals surface area contributed by atoms with Crippen molar-refractivity contribution in [2.24, 2.45) is 0 Å². The van der Waals surface area contributed by atoms with Gasteiger partial charge in [-0.25, -0.2) is 0 Å². The first-order valence-electron chi connectivity index (χ1n) is 11.2. The molecule has 0 N–H and O–H groups in total. The van der Waals surface area contributed by atoms with Crippen LogP contribution in [0.25, 0.3) is 0 Å². The number of carbonyl (C=O) groups excluding carboxylic acids is 1. The highest BCUT2D eigenvalue weighted by Gasteiger charge is 2.22. The average molecular weight is 445 g/mol. The zero-order chi connectivity index (χ0) is 22.4. The van der Waals surface area contributed by atoms with E-state index in [0.29, 0.717) is 12.2 Å². The third-order valence-corrected chi connectivity index (χ3v) is 7.16. The fraction of sp³-hybridized carbons (Fsp3) is 0.560. The molecular weight excluding hydrogens is 408 g/mol. The maximum atomic E-state index is 12.8. The van der Waals surface area contributed by atoms with Crippen molar-refractivity contribution in [2.45, 2.75) is 46.0 Å². The molecule has 0 spiro atoms. The Morgan fingerprint density at radius 1 is 1.03 bits per heavy atom. The van der Waals surface area contributed by atoms with Crippen LogP contribution in [0, 0.1) is 13.8 Å². The standard InChI is InChI=1S/C25H36N2O3S/c1-18-14-20(19(2)31-18)8-6-10-26(3)11-7-12-27-13-9-21-15-23(29-4)24(30-5)16-22(21)17-25(27)28/h14-16H,6-13,17H2,1-5H3. The number of aryl methyl sites for hydroxylation is 3. The van der Waals surface area contributed by atoms with E-state index < -0.39 is 0 Å². The summed E-state index contributed by atoms with van der Waals surface area (Å²) < 4.78 is 10.8. The number of hydrogen-bond acceptors (Lipinski definition) is 5. The van der Waals surface area contributed by atoms with E-state index in [1.165, 1.54) is 27.3 Å². The molecule has 0 atom stereocenters. The number of rotatable bonds is 10. The molecule has 0 saturated heterocycles. The van der Waals surface area contributed by atoms with Gasteiger partial charge in [-0.1, -0.05) is 0 Å². The minimum Gasteiger partial charge on any atom is -0.493 e. The van der Waals surface area contributed by atoms with Crippen LogP contribution < -0.4 is 9.47 Å². The second-order valence-corrected chi connectivity index (χ2v) is 9.94. The number of amides is 1. The molecule has 1 aliphatic heterocycles. The zero-order valence-electron chi connectivity index (χ0n) is 19.6. The van der Waals surface area contributed by atoms with E-state index in [2.05, 4.69) is 31.9 Å². The number of carbonyl (C=O) groups is 1. The van der Waals surface area contributed by atoms with Gasteiger partial charge in [-0.3, -0.25) is 4.79 Å². The molecule has 6 heteroatoms. The highest BCUT2D eigenvalue weighted by molar-refractivity contribution is 7.12. The van der Waals surface area contributed by atoms with Crippen LogP contribution in [-0.2, 0) is 24.1 Å². The largest absolute Gasteiger partial charge is 0.493 e. The lowest BCUT2D eigenvalue weighted by molar-refractivity contribution is -0.130. The van der Waals surface area contributed by atoms with Crippen LogP contribution in [0.15, 0.2) is 18.2 Å². The highest BCUT2D eigenvalue weighted by Crippen LogP contribution is 2.32. The molecule has 1 aromatic carbocycles. The van der Waals surface area contributed by atoms with E-state index in [1.54, 1.807) is 14.2 Å². The fourth-order valence-corrected chi connectivity index (χ4v) is 5.34. The van der Waals surface area contributed by atoms with Gasteiger partial charge in [0.05, 0.1) is 20.6 Å². The molecular formula is C25H36N2O3S. The molecule has 3 rings (SSSR count). The molecule has 5 nitrogen and oxygen atoms in total. The minimum absolute atomic E-state index is 0.205. The third-order valence-electron chi connectivity index (χ3n) is 6.15. The van der Waals surface area contributed by atoms with E-state index in [0.717, 1.165) is 56.8 Å². The number of benzene rings is 1. The van der Waals surface area contributed by atoms with Crippen LogP contribution in [-0.4, -0.2) is 63.2 Å². The third kappa shape index (κ3) is 6.23. The van der Waals surface area contributed by atoms with Gasteiger partial charge in [-0.2, -0.15) is 0 Å². The lowest BCUT2D eigenvalue weighted by atomic mass is 10.0. The normalized spacial score (nSPS) is 14.0. The summed E-state index contributed by atoms with van der Waals surface area (Å²) in [7, 11) is 5.47. The Kier molecular flexibility index (Phi) is 8.38. The van der Waals surface area contributed by atoms with Gasteiger partial charge in [0, 0.05) is 22.8 Å². The van der Waals surface area contributed by atoms with Crippen LogP contribution in [0.1, 0.15) is 39.3 Å². The van der Waals surface area contributed by atoms with E-state index in [-0.39, 0.29) is 5.91 Å². The molecule has 0 bridgehead atoms. The van der Waals surface area contributed by atoms with Crippen LogP contribution in [0.3, 0.4) is 0 Å². The Hall–Kier alpha value is -2.05. The zero-order valence-corrected chi connectivity index (χ0v) is 20.4. The van der Waals surface area contributed by atoms with Crippen LogP contribution in [0.4, 0.5) is 0 Å². The van der Waals surface area contributed by atoms with Crippen LogP contribution in [0.2, 0.25) is 0 Å². The monoisotopic (exact) mass is 444 g/mol. The first-order chi connectivity index (χ1) is 14.9. The predicted molar refractivity (Wildman–Crippen MR) is 128 cm³/mol. The maximum absolute atomic E-state index is 12.8. The maximum Gasteiger partial charge on any atom is 0.227 e. The number of thiophene rings is 1. The fourth-order valence-electron chi connectivity index (χ4n) is 4.37. The molecule has 0 aliphatic carbocycles. The molecule has 0 saturated carbocycles. The molecule has 170 valence electrons. The van der Waals surface area contributed by atoms with Gasteiger partial charge in [0.2, 0.25) is 5.91 Å². The molecule has 0 unspecified atom stereocenters. The number of methoxy groups -OCH3 is 2. The number of fused-ring (bicyclic) bond motifs is 1. The van der Waals surface area contributed by atoms with Gasteiger partial charge < -0.3 is 19.3 Å². The van der Waals surface area contributed by atoms with Gasteiger partial charge in [-0.05, 0) is 94.6 Å². The van der Waals surface area contributed by atoms with E-state index in [1.807, 2.05) is 28.4 Å². The van der Waals surface area contributed by atoms with Crippen LogP contribution >= 0.6 is 11.3 Å². The summed E-state index contributed by atoms with van der Waals surface area (Å²) in [5, 5.41) is 0. The molecule has 1 aromatic heterocycles. The van der Waals surface area contributed by atoms with Crippen molar-refractivity contribution in [2.75, 3.05) is 47.4 Å². The Balaban J connectivity index is 1.44. The summed E-state index contributed by atoms with van der Waals surface area (Å²) in [6.45, 7) is 8.09. The molecule has 1 amide bonds. The van der Waals surface area contributed by atoms with Gasteiger partial charge in [0.25, 0.3) is 0 Å². The molecule has 2 aromatic rings. The second-order valence-electron chi connectivity index (χ2n) is 8.48. The average Bonchev–Trinajstić information content (AvgIpc) is 2.98. The van der Waals surface area contributed by atoms with Gasteiger partial charge in [0.1, 0.15) is 0 Å². The van der Waals surface area contributed by atoms with Crippen molar-refractivity contribution < 1.29 is 14.3 Å². The summed E-state index contributed by atoms with van der Waals surface area (Å²) in [4.78, 5) is 20.1. The Bertz CT molecular complexity index is 893. The number of ether oxygens (including phenoxy) is 2. The second kappa shape index (κ2) is 11.0. The topological polar surface area (TPSA) is 42.0 Å². The molecule has 0 fully saturated rings. The van der Waals surface area contributed by atoms with Crippen molar-refractivity contribution in [3.05, 3.63) is 44.6 Å². The van der Waals surface area contributed by atoms with Crippen molar-refractivity contribution in [3.8, 4) is 11.5 Å². The van der Waals surface area contributed by atoms with Gasteiger partial charge in [-0.15, -0.1) is 11.3 Å². The molecule has 0 radical (unpaired) electrons. The molecule has 1 aliphatic rings. The Morgan fingerprint density at radius 3 is 2.35 bits per heavy atom. The molecule has 2 heterocycles. The first kappa shape index (κ1) is 23.6. The lowest BCUT2D eigenvalue weighted by Gasteiger charge is -2.22. The lowest BCUT2D eigenvalue weighted by Crippen LogP contribution is -2.35. The van der Waals surface area contributed by atoms with Crippen molar-refractivity contribution >= 4 is 17.2 Å². The van der Waals surface area contributed by atoms with E-state index >= 15 is 0 Å². The number of hydrogen-bond donors (Lipinski definition) is 0. The van der Waals surface area contributed by atoms with E-state index in [4.69, 9.17) is 9.47 Å². The summed E-state index contributed by atoms with van der Waals surface area (Å²) >= 11 is 1.89. The SMILES string of the molecule is COc1cc2c(cc1OC)CC(=O)N(CCCN(C)CCCc1cc(C)sc1C)CC2. The summed E-state index contributed by atoms with van der Waals surface area (Å²) in [6, 6.07) is 6.31. The van der Waals surface area contributed by atoms with E-state index in [9.17, 15) is 4.79 Å². The first-order valence-corrected chi connectivity index (χ1v) is 12.0. The van der Waals surface area contributed by atoms with Gasteiger partial charge >= 0.3 is 0 Å². The predicted octanol–water partition coefficient (Wildman–Crippen LogP) is 4.26.